The van der Waals surface area contributed by atoms with E-state index in [-0.39, 0.29) is 12.1 Å². The highest BCUT2D eigenvalue weighted by Crippen LogP contribution is 2.11. The molecule has 0 aliphatic rings. The Morgan fingerprint density at radius 3 is 2.37 bits per heavy atom. The van der Waals surface area contributed by atoms with E-state index in [1.807, 2.05) is 47.3 Å². The van der Waals surface area contributed by atoms with Gasteiger partial charge < -0.3 is 19.9 Å². The van der Waals surface area contributed by atoms with E-state index in [1.54, 1.807) is 11.9 Å². The van der Waals surface area contributed by atoms with Gasteiger partial charge >= 0.3 is 6.09 Å². The molecule has 19 heavy (non-hydrogen) atoms. The Kier molecular flexibility index (Phi) is 7.34. The molecule has 0 saturated heterocycles. The lowest BCUT2D eigenvalue weighted by atomic mass is 10.2. The van der Waals surface area contributed by atoms with Gasteiger partial charge in [0.2, 0.25) is 0 Å². The van der Waals surface area contributed by atoms with Crippen LogP contribution in [0.5, 0.6) is 0 Å². The maximum atomic E-state index is 11.9. The first-order chi connectivity index (χ1) is 8.71. The quantitative estimate of drug-likeness (QED) is 0.805. The van der Waals surface area contributed by atoms with Crippen molar-refractivity contribution in [1.29, 1.82) is 0 Å². The van der Waals surface area contributed by atoms with Gasteiger partial charge in [-0.05, 0) is 27.2 Å². The van der Waals surface area contributed by atoms with E-state index in [0.717, 1.165) is 6.42 Å². The SMILES string of the molecule is CCC(CN(C)C(=O)OC(C)(C)C)N(C)/C=C\NC. The monoisotopic (exact) mass is 271 g/mol. The van der Waals surface area contributed by atoms with Gasteiger partial charge in [-0.15, -0.1) is 0 Å². The number of nitrogens with one attached hydrogen (secondary N) is 1. The zero-order chi connectivity index (χ0) is 15.1. The maximum absolute atomic E-state index is 11.9. The average molecular weight is 271 g/mol. The number of amides is 1. The molecule has 1 unspecified atom stereocenters. The van der Waals surface area contributed by atoms with Gasteiger partial charge in [0.1, 0.15) is 5.60 Å². The largest absolute Gasteiger partial charge is 0.444 e. The number of carbonyl (C=O) groups is 1. The van der Waals surface area contributed by atoms with Crippen molar-refractivity contribution in [3.05, 3.63) is 12.4 Å². The lowest BCUT2D eigenvalue weighted by molar-refractivity contribution is 0.0263. The molecule has 0 aliphatic heterocycles. The first kappa shape index (κ1) is 17.6. The van der Waals surface area contributed by atoms with Crippen molar-refractivity contribution in [2.75, 3.05) is 27.7 Å². The minimum absolute atomic E-state index is 0.266. The summed E-state index contributed by atoms with van der Waals surface area (Å²) in [5.74, 6) is 0. The minimum Gasteiger partial charge on any atom is -0.444 e. The van der Waals surface area contributed by atoms with Crippen molar-refractivity contribution in [3.63, 3.8) is 0 Å². The molecule has 1 atom stereocenters. The first-order valence-corrected chi connectivity index (χ1v) is 6.71. The number of nitrogens with zero attached hydrogens (tertiary/aromatic N) is 2. The smallest absolute Gasteiger partial charge is 0.410 e. The molecule has 0 radical (unpaired) electrons. The van der Waals surface area contributed by atoms with E-state index in [2.05, 4.69) is 17.1 Å². The molecule has 0 aromatic rings. The Labute approximate surface area is 117 Å². The number of hydrogen-bond acceptors (Lipinski definition) is 4. The van der Waals surface area contributed by atoms with E-state index >= 15 is 0 Å². The summed E-state index contributed by atoms with van der Waals surface area (Å²) < 4.78 is 5.34. The topological polar surface area (TPSA) is 44.8 Å². The molecule has 0 spiro atoms. The van der Waals surface area contributed by atoms with Crippen LogP contribution in [0.25, 0.3) is 0 Å². The normalized spacial score (nSPS) is 13.2. The van der Waals surface area contributed by atoms with Gasteiger partial charge in [-0.25, -0.2) is 4.79 Å². The highest BCUT2D eigenvalue weighted by atomic mass is 16.6. The van der Waals surface area contributed by atoms with E-state index in [9.17, 15) is 4.79 Å². The Bertz CT molecular complexity index is 298. The van der Waals surface area contributed by atoms with E-state index in [4.69, 9.17) is 4.74 Å². The van der Waals surface area contributed by atoms with Crippen LogP contribution in [0.4, 0.5) is 4.79 Å². The second-order valence-electron chi connectivity index (χ2n) is 5.69. The lowest BCUT2D eigenvalue weighted by Gasteiger charge is -2.31. The van der Waals surface area contributed by atoms with Gasteiger partial charge in [0, 0.05) is 46.1 Å². The summed E-state index contributed by atoms with van der Waals surface area (Å²) in [6.07, 6.45) is 4.52. The third kappa shape index (κ3) is 7.59. The summed E-state index contributed by atoms with van der Waals surface area (Å²) in [6.45, 7) is 8.36. The van der Waals surface area contributed by atoms with Gasteiger partial charge in [0.25, 0.3) is 0 Å². The molecule has 1 amide bonds. The first-order valence-electron chi connectivity index (χ1n) is 6.71. The van der Waals surface area contributed by atoms with Crippen molar-refractivity contribution in [2.24, 2.45) is 0 Å². The predicted molar refractivity (Wildman–Crippen MR) is 78.9 cm³/mol. The summed E-state index contributed by atoms with van der Waals surface area (Å²) in [4.78, 5) is 15.6. The predicted octanol–water partition coefficient (Wildman–Crippen LogP) is 2.25. The van der Waals surface area contributed by atoms with Gasteiger partial charge in [0.05, 0.1) is 0 Å². The van der Waals surface area contributed by atoms with Crippen LogP contribution < -0.4 is 5.32 Å². The van der Waals surface area contributed by atoms with E-state index in [0.29, 0.717) is 6.54 Å². The molecule has 1 N–H and O–H groups in total. The zero-order valence-corrected chi connectivity index (χ0v) is 13.4. The molecule has 0 aromatic carbocycles. The second kappa shape index (κ2) is 7.92. The Hall–Kier alpha value is -1.39. The number of hydrogen-bond donors (Lipinski definition) is 1. The standard InChI is InChI=1S/C14H29N3O2/c1-8-12(16(6)10-9-15-5)11-17(7)13(18)19-14(2,3)4/h9-10,12,15H,8,11H2,1-7H3/b10-9-. The summed E-state index contributed by atoms with van der Waals surface area (Å²) in [5, 5.41) is 2.96. The number of rotatable bonds is 6. The van der Waals surface area contributed by atoms with Crippen LogP contribution in [0.3, 0.4) is 0 Å². The summed E-state index contributed by atoms with van der Waals surface area (Å²) >= 11 is 0. The second-order valence-corrected chi connectivity index (χ2v) is 5.69. The van der Waals surface area contributed by atoms with Crippen molar-refractivity contribution in [3.8, 4) is 0 Å². The van der Waals surface area contributed by atoms with Crippen LogP contribution in [-0.2, 0) is 4.74 Å². The molecule has 112 valence electrons. The third-order valence-electron chi connectivity index (χ3n) is 2.71. The summed E-state index contributed by atoms with van der Waals surface area (Å²) in [5.41, 5.74) is -0.453. The fourth-order valence-corrected chi connectivity index (χ4v) is 1.59. The molecular weight excluding hydrogens is 242 g/mol. The van der Waals surface area contributed by atoms with E-state index < -0.39 is 5.60 Å². The third-order valence-corrected chi connectivity index (χ3v) is 2.71. The van der Waals surface area contributed by atoms with Crippen molar-refractivity contribution in [2.45, 2.75) is 45.8 Å². The maximum Gasteiger partial charge on any atom is 0.410 e. The van der Waals surface area contributed by atoms with Crippen molar-refractivity contribution < 1.29 is 9.53 Å². The van der Waals surface area contributed by atoms with Crippen LogP contribution in [0, 0.1) is 0 Å². The lowest BCUT2D eigenvalue weighted by Crippen LogP contribution is -2.42. The van der Waals surface area contributed by atoms with Gasteiger partial charge in [-0.3, -0.25) is 0 Å². The number of likely N-dealkylation sites (N-methyl/N-ethyl adjacent to an activating group) is 2. The number of carbonyl (C=O) groups excluding carboxylic acids is 1. The molecular formula is C14H29N3O2. The highest BCUT2D eigenvalue weighted by Gasteiger charge is 2.22. The Morgan fingerprint density at radius 1 is 1.37 bits per heavy atom. The summed E-state index contributed by atoms with van der Waals surface area (Å²) in [6, 6.07) is 0.266. The fourth-order valence-electron chi connectivity index (χ4n) is 1.59. The minimum atomic E-state index is -0.453. The van der Waals surface area contributed by atoms with Crippen LogP contribution in [-0.4, -0.2) is 55.2 Å². The molecule has 5 nitrogen and oxygen atoms in total. The molecule has 0 heterocycles. The molecule has 5 heteroatoms. The van der Waals surface area contributed by atoms with Crippen LogP contribution in [0.15, 0.2) is 12.4 Å². The van der Waals surface area contributed by atoms with Crippen LogP contribution >= 0.6 is 0 Å². The van der Waals surface area contributed by atoms with Crippen LogP contribution in [0.1, 0.15) is 34.1 Å². The fraction of sp³-hybridized carbons (Fsp3) is 0.786. The average Bonchev–Trinajstić information content (AvgIpc) is 2.30. The van der Waals surface area contributed by atoms with Crippen LogP contribution in [0.2, 0.25) is 0 Å². The number of ether oxygens (including phenoxy) is 1. The van der Waals surface area contributed by atoms with Gasteiger partial charge in [-0.2, -0.15) is 0 Å². The Balaban J connectivity index is 4.45. The molecule has 0 saturated carbocycles. The van der Waals surface area contributed by atoms with Crippen molar-refractivity contribution in [1.82, 2.24) is 15.1 Å². The highest BCUT2D eigenvalue weighted by molar-refractivity contribution is 5.67. The zero-order valence-electron chi connectivity index (χ0n) is 13.4. The Morgan fingerprint density at radius 2 is 1.95 bits per heavy atom. The molecule has 0 bridgehead atoms. The molecule has 0 aromatic heterocycles. The molecule has 0 aliphatic carbocycles. The van der Waals surface area contributed by atoms with Gasteiger partial charge in [0.15, 0.2) is 0 Å². The molecule has 0 fully saturated rings. The molecule has 0 rings (SSSR count). The van der Waals surface area contributed by atoms with Crippen molar-refractivity contribution >= 4 is 6.09 Å². The summed E-state index contributed by atoms with van der Waals surface area (Å²) in [7, 11) is 5.63. The van der Waals surface area contributed by atoms with Gasteiger partial charge in [-0.1, -0.05) is 6.92 Å². The van der Waals surface area contributed by atoms with E-state index in [1.165, 1.54) is 0 Å².